The summed E-state index contributed by atoms with van der Waals surface area (Å²) in [6.45, 7) is 2.09. The number of amides is 1. The quantitative estimate of drug-likeness (QED) is 0.219. The van der Waals surface area contributed by atoms with Gasteiger partial charge in [0.1, 0.15) is 5.01 Å². The minimum atomic E-state index is -0.109. The summed E-state index contributed by atoms with van der Waals surface area (Å²) < 4.78 is 3.16. The molecule has 0 bridgehead atoms. The summed E-state index contributed by atoms with van der Waals surface area (Å²) in [6.07, 6.45) is 0. The van der Waals surface area contributed by atoms with E-state index < -0.39 is 0 Å². The molecule has 0 unspecified atom stereocenters. The van der Waals surface area contributed by atoms with Gasteiger partial charge in [-0.25, -0.2) is 4.98 Å². The number of thiazole rings is 1. The molecule has 0 saturated heterocycles. The van der Waals surface area contributed by atoms with Gasteiger partial charge in [-0.1, -0.05) is 66.4 Å². The van der Waals surface area contributed by atoms with Crippen molar-refractivity contribution in [2.75, 3.05) is 11.1 Å². The van der Waals surface area contributed by atoms with Crippen molar-refractivity contribution >= 4 is 44.9 Å². The van der Waals surface area contributed by atoms with Crippen LogP contribution in [0.5, 0.6) is 0 Å². The Morgan fingerprint density at radius 3 is 2.37 bits per heavy atom. The average molecular weight is 534 g/mol. The number of benzene rings is 4. The zero-order valence-corrected chi connectivity index (χ0v) is 22.2. The van der Waals surface area contributed by atoms with Crippen molar-refractivity contribution in [3.8, 4) is 27.6 Å². The van der Waals surface area contributed by atoms with Crippen molar-refractivity contribution in [3.63, 3.8) is 0 Å². The fourth-order valence-corrected chi connectivity index (χ4v) is 5.95. The van der Waals surface area contributed by atoms with E-state index in [4.69, 9.17) is 4.98 Å². The second-order valence-electron chi connectivity index (χ2n) is 8.75. The third-order valence-electron chi connectivity index (χ3n) is 5.97. The summed E-state index contributed by atoms with van der Waals surface area (Å²) in [5.41, 5.74) is 5.90. The molecule has 0 radical (unpaired) electrons. The maximum atomic E-state index is 12.8. The van der Waals surface area contributed by atoms with Crippen LogP contribution < -0.4 is 5.32 Å². The predicted molar refractivity (Wildman–Crippen MR) is 156 cm³/mol. The Morgan fingerprint density at radius 2 is 1.61 bits per heavy atom. The third-order valence-corrected chi connectivity index (χ3v) is 7.97. The lowest BCUT2D eigenvalue weighted by Crippen LogP contribution is -2.14. The van der Waals surface area contributed by atoms with Crippen LogP contribution in [0.25, 0.3) is 37.9 Å². The lowest BCUT2D eigenvalue weighted by molar-refractivity contribution is -0.113. The van der Waals surface area contributed by atoms with Crippen molar-refractivity contribution < 1.29 is 4.79 Å². The summed E-state index contributed by atoms with van der Waals surface area (Å²) in [5, 5.41) is 13.5. The van der Waals surface area contributed by atoms with Gasteiger partial charge in [-0.15, -0.1) is 21.5 Å². The Labute approximate surface area is 228 Å². The first-order valence-electron chi connectivity index (χ1n) is 12.1. The topological polar surface area (TPSA) is 72.7 Å². The van der Waals surface area contributed by atoms with Crippen LogP contribution in [0.15, 0.2) is 108 Å². The van der Waals surface area contributed by atoms with E-state index in [1.54, 1.807) is 11.3 Å². The van der Waals surface area contributed by atoms with Crippen LogP contribution in [0.4, 0.5) is 5.69 Å². The molecule has 2 aromatic heterocycles. The minimum Gasteiger partial charge on any atom is -0.325 e. The van der Waals surface area contributed by atoms with Crippen LogP contribution in [0.1, 0.15) is 5.56 Å². The van der Waals surface area contributed by atoms with Gasteiger partial charge in [-0.3, -0.25) is 9.36 Å². The molecule has 0 atom stereocenters. The highest BCUT2D eigenvalue weighted by Gasteiger charge is 2.17. The number of aryl methyl sites for hydroxylation is 1. The van der Waals surface area contributed by atoms with Gasteiger partial charge in [0, 0.05) is 22.5 Å². The van der Waals surface area contributed by atoms with Gasteiger partial charge in [0.05, 0.1) is 16.0 Å². The molecule has 186 valence electrons. The minimum absolute atomic E-state index is 0.109. The highest BCUT2D eigenvalue weighted by atomic mass is 32.2. The fraction of sp³-hybridized carbons (Fsp3) is 0.0667. The first-order valence-corrected chi connectivity index (χ1v) is 13.9. The molecule has 0 aliphatic heterocycles. The maximum Gasteiger partial charge on any atom is 0.234 e. The van der Waals surface area contributed by atoms with Gasteiger partial charge >= 0.3 is 0 Å². The molecule has 38 heavy (non-hydrogen) atoms. The van der Waals surface area contributed by atoms with E-state index in [2.05, 4.69) is 40.6 Å². The van der Waals surface area contributed by atoms with Crippen LogP contribution >= 0.6 is 23.1 Å². The Balaban J connectivity index is 1.16. The van der Waals surface area contributed by atoms with Crippen LogP contribution in [0.3, 0.4) is 0 Å². The first-order chi connectivity index (χ1) is 18.6. The Bertz CT molecular complexity index is 1710. The molecule has 0 aliphatic carbocycles. The third kappa shape index (κ3) is 5.09. The van der Waals surface area contributed by atoms with E-state index in [-0.39, 0.29) is 11.7 Å². The second kappa shape index (κ2) is 10.6. The molecule has 6 rings (SSSR count). The molecule has 0 spiro atoms. The standard InChI is InChI=1S/C30H23N5OS2/c1-20-12-17-25-26(18-20)38-29(32-25)22-13-15-23(16-14-22)31-27(36)19-37-30-34-33-28(21-8-4-2-5-9-21)35(30)24-10-6-3-7-11-24/h2-18H,19H2,1H3,(H,31,36). The fourth-order valence-electron chi connectivity index (χ4n) is 4.13. The van der Waals surface area contributed by atoms with Crippen molar-refractivity contribution in [3.05, 3.63) is 109 Å². The molecule has 2 heterocycles. The molecule has 0 aliphatic rings. The molecule has 8 heteroatoms. The van der Waals surface area contributed by atoms with Gasteiger partial charge in [0.25, 0.3) is 0 Å². The number of anilines is 1. The number of carbonyl (C=O) groups excluding carboxylic acids is 1. The summed E-state index contributed by atoms with van der Waals surface area (Å²) >= 11 is 3.03. The van der Waals surface area contributed by atoms with Crippen molar-refractivity contribution in [2.45, 2.75) is 12.1 Å². The monoisotopic (exact) mass is 533 g/mol. The highest BCUT2D eigenvalue weighted by Crippen LogP contribution is 2.32. The number of rotatable bonds is 7. The predicted octanol–water partition coefficient (Wildman–Crippen LogP) is 7.25. The molecule has 6 aromatic rings. The zero-order chi connectivity index (χ0) is 25.9. The average Bonchev–Trinajstić information content (AvgIpc) is 3.57. The molecule has 4 aromatic carbocycles. The number of thioether (sulfide) groups is 1. The summed E-state index contributed by atoms with van der Waals surface area (Å²) in [6, 6.07) is 34.0. The van der Waals surface area contributed by atoms with Gasteiger partial charge in [-0.2, -0.15) is 0 Å². The number of nitrogens with zero attached hydrogens (tertiary/aromatic N) is 4. The van der Waals surface area contributed by atoms with Crippen LogP contribution in [0, 0.1) is 6.92 Å². The van der Waals surface area contributed by atoms with E-state index in [0.717, 1.165) is 38.9 Å². The molecule has 1 amide bonds. The van der Waals surface area contributed by atoms with E-state index >= 15 is 0 Å². The van der Waals surface area contributed by atoms with Gasteiger partial charge in [0.2, 0.25) is 5.91 Å². The molecular weight excluding hydrogens is 510 g/mol. The van der Waals surface area contributed by atoms with Gasteiger partial charge in [0.15, 0.2) is 11.0 Å². The van der Waals surface area contributed by atoms with Crippen molar-refractivity contribution in [1.82, 2.24) is 19.7 Å². The van der Waals surface area contributed by atoms with Crippen molar-refractivity contribution in [1.29, 1.82) is 0 Å². The number of hydrogen-bond acceptors (Lipinski definition) is 6. The summed E-state index contributed by atoms with van der Waals surface area (Å²) in [4.78, 5) is 17.6. The van der Waals surface area contributed by atoms with Crippen molar-refractivity contribution in [2.24, 2.45) is 0 Å². The lowest BCUT2D eigenvalue weighted by atomic mass is 10.2. The SMILES string of the molecule is Cc1ccc2nc(-c3ccc(NC(=O)CSc4nnc(-c5ccccc5)n4-c4ccccc4)cc3)sc2c1. The molecule has 0 saturated carbocycles. The molecule has 6 nitrogen and oxygen atoms in total. The van der Waals surface area contributed by atoms with Gasteiger partial charge in [-0.05, 0) is 61.0 Å². The van der Waals surface area contributed by atoms with E-state index in [1.807, 2.05) is 89.5 Å². The zero-order valence-electron chi connectivity index (χ0n) is 20.5. The number of para-hydroxylation sites is 1. The second-order valence-corrected chi connectivity index (χ2v) is 10.7. The molecule has 0 fully saturated rings. The van der Waals surface area contributed by atoms with E-state index in [1.165, 1.54) is 22.0 Å². The van der Waals surface area contributed by atoms with E-state index in [9.17, 15) is 4.79 Å². The normalized spacial score (nSPS) is 11.1. The van der Waals surface area contributed by atoms with Crippen LogP contribution in [-0.2, 0) is 4.79 Å². The van der Waals surface area contributed by atoms with Crippen LogP contribution in [-0.4, -0.2) is 31.4 Å². The molecular formula is C30H23N5OS2. The number of nitrogens with one attached hydrogen (secondary N) is 1. The number of hydrogen-bond donors (Lipinski definition) is 1. The number of carbonyl (C=O) groups is 1. The smallest absolute Gasteiger partial charge is 0.234 e. The summed E-state index contributed by atoms with van der Waals surface area (Å²) in [7, 11) is 0. The summed E-state index contributed by atoms with van der Waals surface area (Å²) in [5.74, 6) is 0.834. The Kier molecular flexibility index (Phi) is 6.73. The molecule has 1 N–H and O–H groups in total. The Morgan fingerprint density at radius 1 is 0.868 bits per heavy atom. The Hall–Kier alpha value is -4.27. The first kappa shape index (κ1) is 24.1. The highest BCUT2D eigenvalue weighted by molar-refractivity contribution is 7.99. The lowest BCUT2D eigenvalue weighted by Gasteiger charge is -2.10. The number of aromatic nitrogens is 4. The van der Waals surface area contributed by atoms with Gasteiger partial charge < -0.3 is 5.32 Å². The number of fused-ring (bicyclic) bond motifs is 1. The largest absolute Gasteiger partial charge is 0.325 e. The van der Waals surface area contributed by atoms with E-state index in [0.29, 0.717) is 5.16 Å². The van der Waals surface area contributed by atoms with Crippen LogP contribution in [0.2, 0.25) is 0 Å². The maximum absolute atomic E-state index is 12.8.